The van der Waals surface area contributed by atoms with Crippen molar-refractivity contribution >= 4 is 15.9 Å². The molecule has 1 saturated carbocycles. The zero-order chi connectivity index (χ0) is 6.97. The molecule has 2 heteroatoms. The second-order valence-electron chi connectivity index (χ2n) is 3.21. The molecule has 0 amide bonds. The van der Waals surface area contributed by atoms with Gasteiger partial charge in [-0.15, -0.1) is 0 Å². The largest absolute Gasteiger partial charge is 0.388 e. The summed E-state index contributed by atoms with van der Waals surface area (Å²) < 4.78 is 0. The topological polar surface area (TPSA) is 12.0 Å². The molecule has 10 heavy (non-hydrogen) atoms. The van der Waals surface area contributed by atoms with E-state index in [2.05, 4.69) is 33.5 Å². The maximum atomic E-state index is 3.66. The van der Waals surface area contributed by atoms with Gasteiger partial charge in [-0.25, -0.2) is 0 Å². The van der Waals surface area contributed by atoms with E-state index in [-0.39, 0.29) is 0 Å². The lowest BCUT2D eigenvalue weighted by Crippen LogP contribution is -2.32. The summed E-state index contributed by atoms with van der Waals surface area (Å²) in [6.45, 7) is 0. The molecule has 0 aromatic heterocycles. The highest BCUT2D eigenvalue weighted by Gasteiger charge is 2.29. The Labute approximate surface area is 70.0 Å². The molecule has 0 saturated heterocycles. The maximum Gasteiger partial charge on any atom is 0.0319 e. The summed E-state index contributed by atoms with van der Waals surface area (Å²) in [7, 11) is 0. The van der Waals surface area contributed by atoms with E-state index >= 15 is 0 Å². The summed E-state index contributed by atoms with van der Waals surface area (Å²) in [5.74, 6) is 0.804. The van der Waals surface area contributed by atoms with Crippen LogP contribution in [0.4, 0.5) is 0 Å². The number of hydrogen-bond acceptors (Lipinski definition) is 1. The van der Waals surface area contributed by atoms with E-state index in [0.29, 0.717) is 0 Å². The van der Waals surface area contributed by atoms with Crippen LogP contribution < -0.4 is 5.32 Å². The van der Waals surface area contributed by atoms with Crippen molar-refractivity contribution in [2.45, 2.75) is 30.1 Å². The summed E-state index contributed by atoms with van der Waals surface area (Å²) in [4.78, 5) is 0.762. The first kappa shape index (κ1) is 6.71. The van der Waals surface area contributed by atoms with Gasteiger partial charge < -0.3 is 5.32 Å². The van der Waals surface area contributed by atoms with E-state index in [9.17, 15) is 0 Å². The molecule has 1 heterocycles. The zero-order valence-electron chi connectivity index (χ0n) is 5.89. The van der Waals surface area contributed by atoms with E-state index in [1.54, 1.807) is 0 Å². The van der Waals surface area contributed by atoms with Gasteiger partial charge in [-0.2, -0.15) is 0 Å². The first-order valence-electron chi connectivity index (χ1n) is 3.93. The maximum absolute atomic E-state index is 3.66. The molecule has 3 unspecified atom stereocenters. The van der Waals surface area contributed by atoms with Crippen LogP contribution in [0.3, 0.4) is 0 Å². The summed E-state index contributed by atoms with van der Waals surface area (Å²) in [6, 6.07) is 0.758. The molecule has 1 fully saturated rings. The van der Waals surface area contributed by atoms with Gasteiger partial charge in [-0.1, -0.05) is 22.0 Å². The Morgan fingerprint density at radius 1 is 1.40 bits per heavy atom. The molecule has 0 radical (unpaired) electrons. The van der Waals surface area contributed by atoms with E-state index in [0.717, 1.165) is 16.8 Å². The van der Waals surface area contributed by atoms with Crippen LogP contribution in [-0.2, 0) is 0 Å². The van der Waals surface area contributed by atoms with Gasteiger partial charge >= 0.3 is 0 Å². The van der Waals surface area contributed by atoms with E-state index in [1.165, 1.54) is 19.3 Å². The molecule has 1 N–H and O–H groups in total. The molecule has 2 rings (SSSR count). The van der Waals surface area contributed by atoms with Crippen LogP contribution >= 0.6 is 15.9 Å². The highest BCUT2D eigenvalue weighted by Crippen LogP contribution is 2.32. The molecule has 1 nitrogen and oxygen atoms in total. The second kappa shape index (κ2) is 2.57. The first-order valence-corrected chi connectivity index (χ1v) is 4.84. The smallest absolute Gasteiger partial charge is 0.0319 e. The van der Waals surface area contributed by atoms with E-state index in [1.807, 2.05) is 0 Å². The van der Waals surface area contributed by atoms with Crippen LogP contribution in [-0.4, -0.2) is 10.9 Å². The molecule has 56 valence electrons. The summed E-state index contributed by atoms with van der Waals surface area (Å²) in [5, 5.41) is 3.38. The highest BCUT2D eigenvalue weighted by molar-refractivity contribution is 9.09. The lowest BCUT2D eigenvalue weighted by Gasteiger charge is -2.28. The van der Waals surface area contributed by atoms with Crippen molar-refractivity contribution in [2.75, 3.05) is 0 Å². The number of hydrogen-bond donors (Lipinski definition) is 1. The standard InChI is InChI=1S/C8H12BrN/c9-7-1-2-8-6(5-7)3-4-10-8/h3-4,6-8,10H,1-2,5H2. The third-order valence-electron chi connectivity index (χ3n) is 2.49. The number of alkyl halides is 1. The Morgan fingerprint density at radius 3 is 3.20 bits per heavy atom. The predicted octanol–water partition coefficient (Wildman–Crippen LogP) is 2.04. The minimum Gasteiger partial charge on any atom is -0.388 e. The third kappa shape index (κ3) is 1.09. The lowest BCUT2D eigenvalue weighted by atomic mass is 9.86. The van der Waals surface area contributed by atoms with Crippen molar-refractivity contribution in [3.05, 3.63) is 12.3 Å². The van der Waals surface area contributed by atoms with Gasteiger partial charge in [0, 0.05) is 10.9 Å². The van der Waals surface area contributed by atoms with Crippen LogP contribution in [0.1, 0.15) is 19.3 Å². The molecular weight excluding hydrogens is 190 g/mol. The average Bonchev–Trinajstić information content (AvgIpc) is 2.33. The number of halogens is 1. The van der Waals surface area contributed by atoms with E-state index < -0.39 is 0 Å². The van der Waals surface area contributed by atoms with Crippen molar-refractivity contribution in [3.63, 3.8) is 0 Å². The van der Waals surface area contributed by atoms with Gasteiger partial charge in [0.1, 0.15) is 0 Å². The minimum absolute atomic E-state index is 0.758. The molecule has 1 aliphatic heterocycles. The number of nitrogens with one attached hydrogen (secondary N) is 1. The molecular formula is C8H12BrN. The Balaban J connectivity index is 2.01. The molecule has 2 aliphatic rings. The minimum atomic E-state index is 0.758. The molecule has 0 spiro atoms. The zero-order valence-corrected chi connectivity index (χ0v) is 7.47. The Kier molecular flexibility index (Phi) is 1.73. The number of fused-ring (bicyclic) bond motifs is 1. The van der Waals surface area contributed by atoms with Gasteiger partial charge in [-0.3, -0.25) is 0 Å². The van der Waals surface area contributed by atoms with Gasteiger partial charge in [0.25, 0.3) is 0 Å². The summed E-state index contributed by atoms with van der Waals surface area (Å²) in [5.41, 5.74) is 0. The monoisotopic (exact) mass is 201 g/mol. The molecule has 0 aromatic rings. The van der Waals surface area contributed by atoms with Gasteiger partial charge in [-0.05, 0) is 31.4 Å². The van der Waals surface area contributed by atoms with Crippen LogP contribution in [0.15, 0.2) is 12.3 Å². The number of rotatable bonds is 0. The van der Waals surface area contributed by atoms with Gasteiger partial charge in [0.15, 0.2) is 0 Å². The molecule has 0 bridgehead atoms. The Hall–Kier alpha value is 0.0200. The second-order valence-corrected chi connectivity index (χ2v) is 4.50. The third-order valence-corrected chi connectivity index (χ3v) is 3.32. The van der Waals surface area contributed by atoms with Crippen molar-refractivity contribution < 1.29 is 0 Å². The molecule has 0 aromatic carbocycles. The van der Waals surface area contributed by atoms with Crippen molar-refractivity contribution in [1.29, 1.82) is 0 Å². The van der Waals surface area contributed by atoms with Crippen LogP contribution in [0, 0.1) is 5.92 Å². The van der Waals surface area contributed by atoms with Crippen molar-refractivity contribution in [3.8, 4) is 0 Å². The first-order chi connectivity index (χ1) is 4.86. The quantitative estimate of drug-likeness (QED) is 0.592. The van der Waals surface area contributed by atoms with Crippen molar-refractivity contribution in [1.82, 2.24) is 5.32 Å². The SMILES string of the molecule is BrC1CCC2NC=CC2C1. The van der Waals surface area contributed by atoms with Crippen LogP contribution in [0.2, 0.25) is 0 Å². The fourth-order valence-corrected chi connectivity index (χ4v) is 2.57. The van der Waals surface area contributed by atoms with E-state index in [4.69, 9.17) is 0 Å². The fraction of sp³-hybridized carbons (Fsp3) is 0.750. The summed E-state index contributed by atoms with van der Waals surface area (Å²) >= 11 is 3.66. The van der Waals surface area contributed by atoms with Gasteiger partial charge in [0.2, 0.25) is 0 Å². The highest BCUT2D eigenvalue weighted by atomic mass is 79.9. The predicted molar refractivity (Wildman–Crippen MR) is 46.1 cm³/mol. The van der Waals surface area contributed by atoms with Crippen LogP contribution in [0.25, 0.3) is 0 Å². The van der Waals surface area contributed by atoms with Gasteiger partial charge in [0.05, 0.1) is 0 Å². The average molecular weight is 202 g/mol. The molecule has 1 aliphatic carbocycles. The van der Waals surface area contributed by atoms with Crippen molar-refractivity contribution in [2.24, 2.45) is 5.92 Å². The van der Waals surface area contributed by atoms with Crippen LogP contribution in [0.5, 0.6) is 0 Å². The Bertz CT molecular complexity index is 155. The summed E-state index contributed by atoms with van der Waals surface area (Å²) in [6.07, 6.45) is 8.38. The fourth-order valence-electron chi connectivity index (χ4n) is 1.87. The normalized spacial score (nSPS) is 44.7. The Morgan fingerprint density at radius 2 is 2.30 bits per heavy atom. The lowest BCUT2D eigenvalue weighted by molar-refractivity contribution is 0.362. The molecule has 3 atom stereocenters.